The lowest BCUT2D eigenvalue weighted by Crippen LogP contribution is -2.27. The minimum Gasteiger partial charge on any atom is -0.504 e. The molecular formula is C18H20O6. The van der Waals surface area contributed by atoms with Gasteiger partial charge in [-0.25, -0.2) is 4.79 Å². The number of esters is 1. The van der Waals surface area contributed by atoms with Crippen LogP contribution in [-0.4, -0.2) is 42.1 Å². The maximum Gasteiger partial charge on any atom is 0.344 e. The van der Waals surface area contributed by atoms with Gasteiger partial charge in [0.25, 0.3) is 0 Å². The molecular weight excluding hydrogens is 312 g/mol. The average Bonchev–Trinajstić information content (AvgIpc) is 2.58. The van der Waals surface area contributed by atoms with Crippen LogP contribution in [0.2, 0.25) is 0 Å². The third-order valence-electron chi connectivity index (χ3n) is 3.17. The van der Waals surface area contributed by atoms with Crippen LogP contribution in [0.15, 0.2) is 48.5 Å². The Morgan fingerprint density at radius 2 is 1.67 bits per heavy atom. The van der Waals surface area contributed by atoms with E-state index in [1.165, 1.54) is 12.1 Å². The number of aliphatic hydroxyl groups excluding tert-OH is 1. The van der Waals surface area contributed by atoms with E-state index in [4.69, 9.17) is 14.2 Å². The molecule has 1 atom stereocenters. The molecule has 0 saturated carbocycles. The normalized spacial score (nSPS) is 11.6. The highest BCUT2D eigenvalue weighted by Crippen LogP contribution is 2.24. The smallest absolute Gasteiger partial charge is 0.344 e. The largest absolute Gasteiger partial charge is 0.504 e. The predicted octanol–water partition coefficient (Wildman–Crippen LogP) is 2.06. The monoisotopic (exact) mass is 332 g/mol. The molecule has 6 heteroatoms. The van der Waals surface area contributed by atoms with E-state index in [9.17, 15) is 15.0 Å². The molecule has 2 rings (SSSR count). The molecule has 0 aromatic heterocycles. The number of carbonyl (C=O) groups excluding carboxylic acids is 1. The van der Waals surface area contributed by atoms with Crippen LogP contribution in [0.4, 0.5) is 0 Å². The Morgan fingerprint density at radius 3 is 2.38 bits per heavy atom. The van der Waals surface area contributed by atoms with Gasteiger partial charge in [-0.05, 0) is 30.7 Å². The van der Waals surface area contributed by atoms with Gasteiger partial charge in [-0.2, -0.15) is 0 Å². The van der Waals surface area contributed by atoms with E-state index in [0.29, 0.717) is 5.75 Å². The summed E-state index contributed by atoms with van der Waals surface area (Å²) in [5, 5.41) is 19.3. The van der Waals surface area contributed by atoms with E-state index >= 15 is 0 Å². The number of rotatable bonds is 8. The number of aliphatic hydroxyl groups is 1. The zero-order valence-corrected chi connectivity index (χ0v) is 13.3. The number of para-hydroxylation sites is 3. The fraction of sp³-hybridized carbons (Fsp3) is 0.278. The van der Waals surface area contributed by atoms with E-state index in [1.807, 2.05) is 25.1 Å². The van der Waals surface area contributed by atoms with E-state index in [-0.39, 0.29) is 31.3 Å². The molecule has 0 spiro atoms. The third kappa shape index (κ3) is 5.48. The van der Waals surface area contributed by atoms with Gasteiger partial charge >= 0.3 is 5.97 Å². The van der Waals surface area contributed by atoms with Crippen LogP contribution >= 0.6 is 0 Å². The molecule has 0 heterocycles. The van der Waals surface area contributed by atoms with Gasteiger partial charge in [0.05, 0.1) is 0 Å². The van der Waals surface area contributed by atoms with E-state index in [0.717, 1.165) is 5.56 Å². The Kier molecular flexibility index (Phi) is 6.45. The lowest BCUT2D eigenvalue weighted by molar-refractivity contribution is -0.149. The van der Waals surface area contributed by atoms with Crippen LogP contribution in [0.1, 0.15) is 5.56 Å². The maximum atomic E-state index is 11.6. The molecule has 0 aliphatic carbocycles. The summed E-state index contributed by atoms with van der Waals surface area (Å²) >= 11 is 0. The summed E-state index contributed by atoms with van der Waals surface area (Å²) in [6, 6.07) is 13.7. The van der Waals surface area contributed by atoms with E-state index in [2.05, 4.69) is 0 Å². The predicted molar refractivity (Wildman–Crippen MR) is 87.2 cm³/mol. The summed E-state index contributed by atoms with van der Waals surface area (Å²) in [5.41, 5.74) is 0.956. The van der Waals surface area contributed by atoms with E-state index in [1.54, 1.807) is 18.2 Å². The molecule has 0 bridgehead atoms. The quantitative estimate of drug-likeness (QED) is 0.720. The van der Waals surface area contributed by atoms with Gasteiger partial charge in [0.2, 0.25) is 0 Å². The Hall–Kier alpha value is -2.73. The number of benzene rings is 2. The number of ether oxygens (including phenoxy) is 3. The van der Waals surface area contributed by atoms with Gasteiger partial charge in [0.15, 0.2) is 18.1 Å². The molecule has 6 nitrogen and oxygen atoms in total. The molecule has 0 amide bonds. The first-order valence-electron chi connectivity index (χ1n) is 7.49. The fourth-order valence-corrected chi connectivity index (χ4v) is 1.90. The highest BCUT2D eigenvalue weighted by molar-refractivity contribution is 5.71. The Bertz CT molecular complexity index is 670. The molecule has 0 fully saturated rings. The summed E-state index contributed by atoms with van der Waals surface area (Å²) in [4.78, 5) is 11.6. The second-order valence-electron chi connectivity index (χ2n) is 5.17. The third-order valence-corrected chi connectivity index (χ3v) is 3.17. The average molecular weight is 332 g/mol. The van der Waals surface area contributed by atoms with Crippen molar-refractivity contribution in [1.82, 2.24) is 0 Å². The van der Waals surface area contributed by atoms with Gasteiger partial charge in [-0.1, -0.05) is 30.3 Å². The van der Waals surface area contributed by atoms with Gasteiger partial charge in [-0.3, -0.25) is 0 Å². The molecule has 2 N–H and O–H groups in total. The van der Waals surface area contributed by atoms with Crippen molar-refractivity contribution in [3.8, 4) is 17.2 Å². The number of phenols is 1. The molecule has 0 aliphatic heterocycles. The maximum absolute atomic E-state index is 11.6. The first-order chi connectivity index (χ1) is 11.6. The van der Waals surface area contributed by atoms with Crippen LogP contribution in [0.25, 0.3) is 0 Å². The second-order valence-corrected chi connectivity index (χ2v) is 5.17. The highest BCUT2D eigenvalue weighted by atomic mass is 16.6. The minimum absolute atomic E-state index is 0.0124. The lowest BCUT2D eigenvalue weighted by atomic mass is 10.2. The topological polar surface area (TPSA) is 85.2 Å². The molecule has 0 saturated heterocycles. The van der Waals surface area contributed by atoms with Crippen molar-refractivity contribution in [2.45, 2.75) is 13.0 Å². The van der Waals surface area contributed by atoms with Crippen LogP contribution in [-0.2, 0) is 9.53 Å². The Labute approximate surface area is 140 Å². The summed E-state index contributed by atoms with van der Waals surface area (Å²) < 4.78 is 15.5. The van der Waals surface area contributed by atoms with Crippen molar-refractivity contribution in [3.63, 3.8) is 0 Å². The van der Waals surface area contributed by atoms with Crippen molar-refractivity contribution in [2.75, 3.05) is 19.8 Å². The van der Waals surface area contributed by atoms with Crippen LogP contribution in [0.3, 0.4) is 0 Å². The molecule has 24 heavy (non-hydrogen) atoms. The van der Waals surface area contributed by atoms with Crippen molar-refractivity contribution in [1.29, 1.82) is 0 Å². The SMILES string of the molecule is Cc1ccccc1OCC(O)COC(=O)COc1ccccc1O. The standard InChI is InChI=1S/C18H20O6/c1-13-6-2-4-8-16(13)22-10-14(19)11-24-18(21)12-23-17-9-5-3-7-15(17)20/h2-9,14,19-20H,10-12H2,1H3. The number of aryl methyl sites for hydroxylation is 1. The summed E-state index contributed by atoms with van der Waals surface area (Å²) in [6.07, 6.45) is -0.946. The fourth-order valence-electron chi connectivity index (χ4n) is 1.90. The molecule has 2 aromatic carbocycles. The van der Waals surface area contributed by atoms with E-state index < -0.39 is 12.1 Å². The lowest BCUT2D eigenvalue weighted by Gasteiger charge is -2.14. The molecule has 0 aliphatic rings. The number of hydrogen-bond acceptors (Lipinski definition) is 6. The number of hydrogen-bond donors (Lipinski definition) is 2. The van der Waals surface area contributed by atoms with Gasteiger partial charge < -0.3 is 24.4 Å². The first kappa shape index (κ1) is 17.6. The molecule has 0 radical (unpaired) electrons. The summed E-state index contributed by atoms with van der Waals surface area (Å²) in [6.45, 7) is 1.36. The van der Waals surface area contributed by atoms with Crippen molar-refractivity contribution in [2.24, 2.45) is 0 Å². The highest BCUT2D eigenvalue weighted by Gasteiger charge is 2.12. The molecule has 2 aromatic rings. The van der Waals surface area contributed by atoms with Crippen molar-refractivity contribution >= 4 is 5.97 Å². The minimum atomic E-state index is -0.946. The van der Waals surface area contributed by atoms with Crippen LogP contribution in [0, 0.1) is 6.92 Å². The number of carbonyl (C=O) groups is 1. The second kappa shape index (κ2) is 8.79. The number of aromatic hydroxyl groups is 1. The first-order valence-corrected chi connectivity index (χ1v) is 7.49. The Balaban J connectivity index is 1.68. The van der Waals surface area contributed by atoms with Crippen molar-refractivity contribution in [3.05, 3.63) is 54.1 Å². The Morgan fingerprint density at radius 1 is 1.00 bits per heavy atom. The zero-order valence-electron chi connectivity index (χ0n) is 13.3. The van der Waals surface area contributed by atoms with Gasteiger partial charge in [-0.15, -0.1) is 0 Å². The number of phenolic OH excluding ortho intramolecular Hbond substituents is 1. The molecule has 128 valence electrons. The van der Waals surface area contributed by atoms with Gasteiger partial charge in [0.1, 0.15) is 25.1 Å². The summed E-state index contributed by atoms with van der Waals surface area (Å²) in [5.74, 6) is 0.161. The van der Waals surface area contributed by atoms with Crippen molar-refractivity contribution < 1.29 is 29.2 Å². The van der Waals surface area contributed by atoms with Gasteiger partial charge in [0, 0.05) is 0 Å². The van der Waals surface area contributed by atoms with Crippen LogP contribution in [0.5, 0.6) is 17.2 Å². The molecule has 1 unspecified atom stereocenters. The zero-order chi connectivity index (χ0) is 17.4. The summed E-state index contributed by atoms with van der Waals surface area (Å²) in [7, 11) is 0. The van der Waals surface area contributed by atoms with Crippen LogP contribution < -0.4 is 9.47 Å².